The van der Waals surface area contributed by atoms with E-state index in [1.54, 1.807) is 0 Å². The Balaban J connectivity index is 0.00000220. The van der Waals surface area contributed by atoms with Crippen LogP contribution in [0.25, 0.3) is 0 Å². The number of carboxylic acid groups (broad SMARTS) is 1. The number of aryl methyl sites for hydroxylation is 1. The van der Waals surface area contributed by atoms with E-state index in [0.717, 1.165) is 18.4 Å². The number of hydrogen-bond donors (Lipinski definition) is 1. The van der Waals surface area contributed by atoms with Crippen molar-refractivity contribution in [1.29, 1.82) is 0 Å². The van der Waals surface area contributed by atoms with Gasteiger partial charge >= 0.3 is 29.6 Å². The van der Waals surface area contributed by atoms with Crippen LogP contribution in [0, 0.1) is 11.8 Å². The summed E-state index contributed by atoms with van der Waals surface area (Å²) in [6.45, 7) is 1.94. The van der Waals surface area contributed by atoms with Gasteiger partial charge in [-0.05, 0) is 43.7 Å². The fraction of sp³-hybridized carbons (Fsp3) is 0.600. The quantitative estimate of drug-likeness (QED) is 0.639. The molecule has 1 amide bonds. The van der Waals surface area contributed by atoms with Crippen LogP contribution in [0.1, 0.15) is 44.2 Å². The molecule has 0 spiro atoms. The van der Waals surface area contributed by atoms with Gasteiger partial charge in [0, 0.05) is 31.3 Å². The first-order chi connectivity index (χ1) is 9.47. The predicted octanol–water partition coefficient (Wildman–Crippen LogP) is -2.24. The zero-order valence-corrected chi connectivity index (χ0v) is 15.0. The SMILES string of the molecule is CC(NC(=O)[C@@H]1CCC[C@H](C(=O)[O-])C1)c1ccn(C)c1.[Na+]. The van der Waals surface area contributed by atoms with Crippen LogP contribution in [0.15, 0.2) is 18.5 Å². The van der Waals surface area contributed by atoms with Crippen LogP contribution in [0.2, 0.25) is 0 Å². The second-order valence-electron chi connectivity index (χ2n) is 5.72. The Bertz CT molecular complexity index is 501. The molecule has 3 atom stereocenters. The number of rotatable bonds is 4. The second-order valence-corrected chi connectivity index (χ2v) is 5.72. The molecule has 21 heavy (non-hydrogen) atoms. The van der Waals surface area contributed by atoms with Gasteiger partial charge in [0.15, 0.2) is 0 Å². The molecule has 0 bridgehead atoms. The third kappa shape index (κ3) is 4.87. The van der Waals surface area contributed by atoms with Crippen LogP contribution in [0.3, 0.4) is 0 Å². The summed E-state index contributed by atoms with van der Waals surface area (Å²) >= 11 is 0. The van der Waals surface area contributed by atoms with E-state index < -0.39 is 11.9 Å². The van der Waals surface area contributed by atoms with Gasteiger partial charge in [-0.2, -0.15) is 0 Å². The van der Waals surface area contributed by atoms with Crippen molar-refractivity contribution in [1.82, 2.24) is 9.88 Å². The maximum atomic E-state index is 12.2. The molecule has 1 unspecified atom stereocenters. The second kappa shape index (κ2) is 8.01. The summed E-state index contributed by atoms with van der Waals surface area (Å²) in [4.78, 5) is 23.1. The molecule has 1 fully saturated rings. The van der Waals surface area contributed by atoms with Gasteiger partial charge in [-0.25, -0.2) is 0 Å². The van der Waals surface area contributed by atoms with Crippen LogP contribution in [0.4, 0.5) is 0 Å². The average Bonchev–Trinajstić information content (AvgIpc) is 2.85. The summed E-state index contributed by atoms with van der Waals surface area (Å²) in [6, 6.07) is 1.91. The van der Waals surface area contributed by atoms with Gasteiger partial charge in [-0.15, -0.1) is 0 Å². The van der Waals surface area contributed by atoms with Crippen molar-refractivity contribution in [3.8, 4) is 0 Å². The molecule has 1 N–H and O–H groups in total. The molecule has 1 aromatic heterocycles. The normalized spacial score (nSPS) is 23.0. The zero-order chi connectivity index (χ0) is 14.7. The summed E-state index contributed by atoms with van der Waals surface area (Å²) < 4.78 is 1.94. The van der Waals surface area contributed by atoms with Crippen molar-refractivity contribution in [3.63, 3.8) is 0 Å². The van der Waals surface area contributed by atoms with Gasteiger partial charge < -0.3 is 19.8 Å². The van der Waals surface area contributed by atoms with Crippen molar-refractivity contribution in [2.24, 2.45) is 18.9 Å². The number of aromatic nitrogens is 1. The maximum absolute atomic E-state index is 12.2. The van der Waals surface area contributed by atoms with Crippen molar-refractivity contribution in [2.45, 2.75) is 38.6 Å². The Morgan fingerprint density at radius 2 is 2.05 bits per heavy atom. The number of hydrogen-bond acceptors (Lipinski definition) is 3. The summed E-state index contributed by atoms with van der Waals surface area (Å²) in [6.07, 6.45) is 6.46. The molecule has 1 aliphatic rings. The first-order valence-electron chi connectivity index (χ1n) is 7.10. The molecule has 5 nitrogen and oxygen atoms in total. The number of carboxylic acids is 1. The molecule has 6 heteroatoms. The molecule has 1 aliphatic carbocycles. The van der Waals surface area contributed by atoms with Crippen LogP contribution in [-0.2, 0) is 16.6 Å². The molecular weight excluding hydrogens is 279 g/mol. The van der Waals surface area contributed by atoms with E-state index in [4.69, 9.17) is 0 Å². The van der Waals surface area contributed by atoms with E-state index >= 15 is 0 Å². The van der Waals surface area contributed by atoms with Crippen LogP contribution >= 0.6 is 0 Å². The Kier molecular flexibility index (Phi) is 6.97. The topological polar surface area (TPSA) is 74.2 Å². The number of aliphatic carboxylic acids is 1. The van der Waals surface area contributed by atoms with Crippen molar-refractivity contribution >= 4 is 11.9 Å². The number of carbonyl (C=O) groups excluding carboxylic acids is 2. The van der Waals surface area contributed by atoms with Gasteiger partial charge in [0.1, 0.15) is 0 Å². The first kappa shape index (κ1) is 18.3. The number of nitrogens with one attached hydrogen (secondary N) is 1. The van der Waals surface area contributed by atoms with Gasteiger partial charge in [-0.1, -0.05) is 6.42 Å². The molecular formula is C15H21N2NaO3. The molecule has 1 saturated carbocycles. The van der Waals surface area contributed by atoms with E-state index in [1.165, 1.54) is 0 Å². The van der Waals surface area contributed by atoms with E-state index in [9.17, 15) is 14.7 Å². The third-order valence-electron chi connectivity index (χ3n) is 4.09. The minimum atomic E-state index is -1.03. The van der Waals surface area contributed by atoms with Crippen molar-refractivity contribution < 1.29 is 44.3 Å². The Morgan fingerprint density at radius 3 is 2.62 bits per heavy atom. The standard InChI is InChI=1S/C15H22N2O3.Na/c1-10(13-6-7-17(2)9-13)16-14(18)11-4-3-5-12(8-11)15(19)20;/h6-7,9-12H,3-5,8H2,1-2H3,(H,16,18)(H,19,20);/q;+1/p-1/t10?,11-,12+;/m1./s1. The zero-order valence-electron chi connectivity index (χ0n) is 13.0. The van der Waals surface area contributed by atoms with Crippen LogP contribution in [0.5, 0.6) is 0 Å². The fourth-order valence-corrected chi connectivity index (χ4v) is 2.84. The van der Waals surface area contributed by atoms with E-state index in [2.05, 4.69) is 5.32 Å². The van der Waals surface area contributed by atoms with Gasteiger partial charge in [0.2, 0.25) is 5.91 Å². The van der Waals surface area contributed by atoms with Crippen LogP contribution < -0.4 is 40.0 Å². The molecule has 2 rings (SSSR count). The number of carbonyl (C=O) groups is 2. The summed E-state index contributed by atoms with van der Waals surface area (Å²) in [5.41, 5.74) is 1.05. The van der Waals surface area contributed by atoms with Crippen LogP contribution in [-0.4, -0.2) is 16.4 Å². The predicted molar refractivity (Wildman–Crippen MR) is 72.4 cm³/mol. The molecule has 0 aliphatic heterocycles. The maximum Gasteiger partial charge on any atom is 1.00 e. The number of nitrogens with zero attached hydrogens (tertiary/aromatic N) is 1. The molecule has 1 aromatic rings. The molecule has 0 radical (unpaired) electrons. The Hall–Kier alpha value is -0.780. The molecule has 1 heterocycles. The first-order valence-corrected chi connectivity index (χ1v) is 7.10. The Labute approximate surface area is 147 Å². The van der Waals surface area contributed by atoms with Crippen molar-refractivity contribution in [3.05, 3.63) is 24.0 Å². The van der Waals surface area contributed by atoms with E-state index in [1.807, 2.05) is 37.0 Å². The monoisotopic (exact) mass is 300 g/mol. The smallest absolute Gasteiger partial charge is 0.550 e. The van der Waals surface area contributed by atoms with Gasteiger partial charge in [0.05, 0.1) is 6.04 Å². The number of amides is 1. The van der Waals surface area contributed by atoms with E-state index in [-0.39, 0.29) is 47.4 Å². The minimum absolute atomic E-state index is 0. The van der Waals surface area contributed by atoms with Gasteiger partial charge in [0.25, 0.3) is 0 Å². The average molecular weight is 300 g/mol. The largest absolute Gasteiger partial charge is 1.00 e. The molecule has 0 saturated heterocycles. The van der Waals surface area contributed by atoms with Gasteiger partial charge in [-0.3, -0.25) is 4.79 Å². The third-order valence-corrected chi connectivity index (χ3v) is 4.09. The summed E-state index contributed by atoms with van der Waals surface area (Å²) in [5.74, 6) is -1.77. The van der Waals surface area contributed by atoms with Crippen molar-refractivity contribution in [2.75, 3.05) is 0 Å². The fourth-order valence-electron chi connectivity index (χ4n) is 2.84. The minimum Gasteiger partial charge on any atom is -0.550 e. The summed E-state index contributed by atoms with van der Waals surface area (Å²) in [7, 11) is 1.93. The Morgan fingerprint density at radius 1 is 1.38 bits per heavy atom. The summed E-state index contributed by atoms with van der Waals surface area (Å²) in [5, 5.41) is 13.9. The molecule has 0 aromatic carbocycles. The molecule has 110 valence electrons. The van der Waals surface area contributed by atoms with E-state index in [0.29, 0.717) is 12.8 Å².